The number of aryl methyl sites for hydroxylation is 3. The summed E-state index contributed by atoms with van der Waals surface area (Å²) in [5, 5.41) is 3.66. The van der Waals surface area contributed by atoms with Crippen LogP contribution >= 0.6 is 22.9 Å². The number of nitrogens with zero attached hydrogens (tertiary/aromatic N) is 2. The molecule has 0 fully saturated rings. The van der Waals surface area contributed by atoms with E-state index >= 15 is 0 Å². The quantitative estimate of drug-likeness (QED) is 0.496. The first-order valence-electron chi connectivity index (χ1n) is 9.63. The number of carbonyl (C=O) groups excluding carboxylic acids is 1. The zero-order valence-corrected chi connectivity index (χ0v) is 18.8. The fourth-order valence-electron chi connectivity index (χ4n) is 3.54. The molecular weight excluding hydrogens is 434 g/mol. The Bertz CT molecular complexity index is 1450. The molecule has 0 atom stereocenters. The number of fused-ring (bicyclic) bond motifs is 1. The van der Waals surface area contributed by atoms with Crippen LogP contribution in [-0.4, -0.2) is 15.0 Å². The maximum Gasteiger partial charge on any atom is 0.337 e. The lowest BCUT2D eigenvalue weighted by Crippen LogP contribution is -2.40. The Labute approximate surface area is 187 Å². The van der Waals surface area contributed by atoms with E-state index in [1.165, 1.54) is 15.9 Å². The Kier molecular flexibility index (Phi) is 5.56. The van der Waals surface area contributed by atoms with Gasteiger partial charge in [-0.1, -0.05) is 35.4 Å². The molecule has 4 rings (SSSR count). The number of rotatable bonds is 4. The number of carbonyl (C=O) groups is 1. The molecule has 2 aromatic heterocycles. The van der Waals surface area contributed by atoms with Crippen molar-refractivity contribution in [1.82, 2.24) is 9.13 Å². The van der Waals surface area contributed by atoms with Gasteiger partial charge in [0, 0.05) is 15.6 Å². The first-order chi connectivity index (χ1) is 14.7. The smallest absolute Gasteiger partial charge is 0.324 e. The largest absolute Gasteiger partial charge is 0.337 e. The molecule has 4 aromatic rings. The van der Waals surface area contributed by atoms with Crippen molar-refractivity contribution >= 4 is 44.7 Å². The van der Waals surface area contributed by atoms with E-state index < -0.39 is 11.2 Å². The second kappa shape index (κ2) is 8.17. The lowest BCUT2D eigenvalue weighted by molar-refractivity contribution is -0.116. The lowest BCUT2D eigenvalue weighted by atomic mass is 10.1. The molecule has 0 aliphatic carbocycles. The Hall–Kier alpha value is -3.16. The van der Waals surface area contributed by atoms with Crippen LogP contribution in [0, 0.1) is 20.8 Å². The van der Waals surface area contributed by atoms with Crippen LogP contribution in [0.2, 0.25) is 5.02 Å². The molecule has 0 unspecified atom stereocenters. The molecule has 0 bridgehead atoms. The third-order valence-corrected chi connectivity index (χ3v) is 6.27. The van der Waals surface area contributed by atoms with E-state index in [2.05, 4.69) is 5.32 Å². The van der Waals surface area contributed by atoms with Crippen LogP contribution in [0.25, 0.3) is 15.9 Å². The second-order valence-corrected chi connectivity index (χ2v) is 9.10. The summed E-state index contributed by atoms with van der Waals surface area (Å²) in [5.74, 6) is -0.349. The summed E-state index contributed by atoms with van der Waals surface area (Å²) in [6.45, 7) is 5.53. The molecule has 2 heterocycles. The minimum atomic E-state index is -0.586. The number of halogens is 1. The van der Waals surface area contributed by atoms with Crippen molar-refractivity contribution in [1.29, 1.82) is 0 Å². The van der Waals surface area contributed by atoms with Gasteiger partial charge in [0.15, 0.2) is 0 Å². The van der Waals surface area contributed by atoms with Gasteiger partial charge in [0.05, 0.1) is 11.1 Å². The van der Waals surface area contributed by atoms with Crippen LogP contribution in [0.3, 0.4) is 0 Å². The van der Waals surface area contributed by atoms with Crippen molar-refractivity contribution < 1.29 is 4.79 Å². The average molecular weight is 454 g/mol. The summed E-state index contributed by atoms with van der Waals surface area (Å²) in [7, 11) is 0. The monoisotopic (exact) mass is 453 g/mol. The zero-order chi connectivity index (χ0) is 22.3. The number of benzene rings is 2. The summed E-state index contributed by atoms with van der Waals surface area (Å²) >= 11 is 7.39. The third kappa shape index (κ3) is 4.06. The maximum absolute atomic E-state index is 13.3. The van der Waals surface area contributed by atoms with Crippen molar-refractivity contribution in [2.75, 3.05) is 5.32 Å². The fourth-order valence-corrected chi connectivity index (χ4v) is 4.72. The molecule has 31 heavy (non-hydrogen) atoms. The van der Waals surface area contributed by atoms with Crippen molar-refractivity contribution in [2.24, 2.45) is 0 Å². The molecule has 0 radical (unpaired) electrons. The predicted octanol–water partition coefficient (Wildman–Crippen LogP) is 4.43. The van der Waals surface area contributed by atoms with Gasteiger partial charge in [-0.25, -0.2) is 9.36 Å². The standard InChI is InChI=1S/C23H20ClN3O3S/c1-13-7-8-19(14(2)9-13)25-20(28)12-26-22-18(10-15(3)31-22)21(29)27(23(26)30)17-6-4-5-16(24)11-17/h4-11H,12H2,1-3H3,(H,25,28). The van der Waals surface area contributed by atoms with E-state index in [1.54, 1.807) is 30.3 Å². The number of aromatic nitrogens is 2. The molecule has 0 saturated carbocycles. The van der Waals surface area contributed by atoms with E-state index in [-0.39, 0.29) is 12.5 Å². The zero-order valence-electron chi connectivity index (χ0n) is 17.2. The van der Waals surface area contributed by atoms with Crippen LogP contribution in [0.4, 0.5) is 5.69 Å². The lowest BCUT2D eigenvalue weighted by Gasteiger charge is -2.13. The van der Waals surface area contributed by atoms with Crippen LogP contribution in [0.1, 0.15) is 16.0 Å². The average Bonchev–Trinajstić information content (AvgIpc) is 3.09. The van der Waals surface area contributed by atoms with E-state index in [0.29, 0.717) is 26.6 Å². The number of anilines is 1. The number of hydrogen-bond acceptors (Lipinski definition) is 4. The van der Waals surface area contributed by atoms with Crippen LogP contribution < -0.4 is 16.6 Å². The van der Waals surface area contributed by atoms with Crippen LogP contribution in [0.15, 0.2) is 58.1 Å². The highest BCUT2D eigenvalue weighted by Gasteiger charge is 2.19. The first-order valence-corrected chi connectivity index (χ1v) is 10.8. The molecular formula is C23H20ClN3O3S. The topological polar surface area (TPSA) is 73.1 Å². The van der Waals surface area contributed by atoms with Gasteiger partial charge in [0.2, 0.25) is 5.91 Å². The molecule has 0 saturated heterocycles. The summed E-state index contributed by atoms with van der Waals surface area (Å²) in [4.78, 5) is 40.6. The van der Waals surface area contributed by atoms with Crippen LogP contribution in [0.5, 0.6) is 0 Å². The Morgan fingerprint density at radius 2 is 1.84 bits per heavy atom. The minimum Gasteiger partial charge on any atom is -0.324 e. The Morgan fingerprint density at radius 1 is 1.06 bits per heavy atom. The maximum atomic E-state index is 13.3. The number of hydrogen-bond donors (Lipinski definition) is 1. The van der Waals surface area contributed by atoms with Gasteiger partial charge in [-0.2, -0.15) is 0 Å². The minimum absolute atomic E-state index is 0.219. The van der Waals surface area contributed by atoms with Gasteiger partial charge in [0.25, 0.3) is 5.56 Å². The summed E-state index contributed by atoms with van der Waals surface area (Å²) < 4.78 is 2.40. The van der Waals surface area contributed by atoms with Gasteiger partial charge in [0.1, 0.15) is 11.4 Å². The number of amides is 1. The summed E-state index contributed by atoms with van der Waals surface area (Å²) in [6, 6.07) is 14.0. The first kappa shape index (κ1) is 21.1. The Balaban J connectivity index is 1.82. The predicted molar refractivity (Wildman–Crippen MR) is 126 cm³/mol. The summed E-state index contributed by atoms with van der Waals surface area (Å²) in [5.41, 5.74) is 2.05. The van der Waals surface area contributed by atoms with Crippen molar-refractivity contribution in [2.45, 2.75) is 27.3 Å². The van der Waals surface area contributed by atoms with Gasteiger partial charge in [-0.05, 0) is 56.7 Å². The molecule has 6 nitrogen and oxygen atoms in total. The normalized spacial score (nSPS) is 11.1. The van der Waals surface area contributed by atoms with Crippen molar-refractivity contribution in [3.05, 3.63) is 90.4 Å². The van der Waals surface area contributed by atoms with E-state index in [1.807, 2.05) is 39.0 Å². The van der Waals surface area contributed by atoms with E-state index in [4.69, 9.17) is 11.6 Å². The molecule has 1 N–H and O–H groups in total. The van der Waals surface area contributed by atoms with Gasteiger partial charge < -0.3 is 5.32 Å². The fraction of sp³-hybridized carbons (Fsp3) is 0.174. The van der Waals surface area contributed by atoms with Gasteiger partial charge >= 0.3 is 5.69 Å². The van der Waals surface area contributed by atoms with E-state index in [9.17, 15) is 14.4 Å². The van der Waals surface area contributed by atoms with E-state index in [0.717, 1.165) is 20.6 Å². The van der Waals surface area contributed by atoms with Crippen molar-refractivity contribution in [3.8, 4) is 5.69 Å². The molecule has 0 aliphatic rings. The van der Waals surface area contributed by atoms with Gasteiger partial charge in [-0.3, -0.25) is 14.2 Å². The molecule has 1 amide bonds. The molecule has 8 heteroatoms. The highest BCUT2D eigenvalue weighted by molar-refractivity contribution is 7.18. The number of nitrogens with one attached hydrogen (secondary N) is 1. The molecule has 0 spiro atoms. The number of thiophene rings is 1. The Morgan fingerprint density at radius 3 is 2.55 bits per heavy atom. The van der Waals surface area contributed by atoms with Crippen LogP contribution in [-0.2, 0) is 11.3 Å². The third-order valence-electron chi connectivity index (χ3n) is 4.96. The highest BCUT2D eigenvalue weighted by Crippen LogP contribution is 2.23. The SMILES string of the molecule is Cc1ccc(NC(=O)Cn2c(=O)n(-c3cccc(Cl)c3)c(=O)c3cc(C)sc32)c(C)c1. The molecule has 0 aliphatic heterocycles. The van der Waals surface area contributed by atoms with Gasteiger partial charge in [-0.15, -0.1) is 11.3 Å². The molecule has 2 aromatic carbocycles. The second-order valence-electron chi connectivity index (χ2n) is 7.43. The van der Waals surface area contributed by atoms with Crippen molar-refractivity contribution in [3.63, 3.8) is 0 Å². The highest BCUT2D eigenvalue weighted by atomic mass is 35.5. The summed E-state index contributed by atoms with van der Waals surface area (Å²) in [6.07, 6.45) is 0. The molecule has 158 valence electrons.